The summed E-state index contributed by atoms with van der Waals surface area (Å²) < 4.78 is 33.2. The lowest BCUT2D eigenvalue weighted by atomic mass is 10.1. The number of rotatable bonds is 7. The van der Waals surface area contributed by atoms with E-state index < -0.39 is 22.0 Å². The van der Waals surface area contributed by atoms with Crippen LogP contribution in [-0.2, 0) is 16.4 Å². The van der Waals surface area contributed by atoms with Crippen LogP contribution in [0.1, 0.15) is 41.4 Å². The van der Waals surface area contributed by atoms with E-state index in [9.17, 15) is 13.2 Å². The Kier molecular flexibility index (Phi) is 6.39. The third kappa shape index (κ3) is 4.42. The van der Waals surface area contributed by atoms with Gasteiger partial charge >= 0.3 is 0 Å². The second kappa shape index (κ2) is 8.33. The highest BCUT2D eigenvalue weighted by Crippen LogP contribution is 2.24. The molecule has 2 N–H and O–H groups in total. The molecule has 7 heteroatoms. The predicted molar refractivity (Wildman–Crippen MR) is 101 cm³/mol. The quantitative estimate of drug-likeness (QED) is 0.778. The highest BCUT2D eigenvalue weighted by molar-refractivity contribution is 7.89. The highest BCUT2D eigenvalue weighted by atomic mass is 32.2. The van der Waals surface area contributed by atoms with Crippen molar-refractivity contribution in [2.24, 2.45) is 0 Å². The molecule has 0 fully saturated rings. The van der Waals surface area contributed by atoms with Gasteiger partial charge in [0.05, 0.1) is 17.6 Å². The lowest BCUT2D eigenvalue weighted by Gasteiger charge is -2.16. The first-order valence-electron chi connectivity index (χ1n) is 8.33. The molecule has 2 rings (SSSR count). The van der Waals surface area contributed by atoms with E-state index in [1.807, 2.05) is 24.3 Å². The number of hydrogen-bond donors (Lipinski definition) is 2. The SMILES string of the molecule is CCc1ccc([C@H](C)NS(=O)(=O)c2ccc(OC)c(C(=O)NC)c2)cc1. The summed E-state index contributed by atoms with van der Waals surface area (Å²) in [7, 11) is -0.896. The second-order valence-corrected chi connectivity index (χ2v) is 7.59. The first-order valence-corrected chi connectivity index (χ1v) is 9.82. The van der Waals surface area contributed by atoms with Crippen molar-refractivity contribution >= 4 is 15.9 Å². The number of methoxy groups -OCH3 is 1. The summed E-state index contributed by atoms with van der Waals surface area (Å²) in [5.74, 6) is -0.103. The van der Waals surface area contributed by atoms with Crippen molar-refractivity contribution in [3.8, 4) is 5.75 Å². The lowest BCUT2D eigenvalue weighted by Crippen LogP contribution is -2.27. The van der Waals surface area contributed by atoms with Crippen LogP contribution in [0.5, 0.6) is 5.75 Å². The highest BCUT2D eigenvalue weighted by Gasteiger charge is 2.21. The van der Waals surface area contributed by atoms with E-state index in [1.54, 1.807) is 6.92 Å². The van der Waals surface area contributed by atoms with Gasteiger partial charge in [-0.1, -0.05) is 31.2 Å². The van der Waals surface area contributed by atoms with Crippen LogP contribution in [0.3, 0.4) is 0 Å². The summed E-state index contributed by atoms with van der Waals surface area (Å²) in [5.41, 5.74) is 2.22. The van der Waals surface area contributed by atoms with Gasteiger partial charge in [-0.3, -0.25) is 4.79 Å². The Labute approximate surface area is 154 Å². The maximum Gasteiger partial charge on any atom is 0.254 e. The maximum atomic E-state index is 12.7. The van der Waals surface area contributed by atoms with Crippen molar-refractivity contribution in [2.75, 3.05) is 14.2 Å². The minimum atomic E-state index is -3.80. The van der Waals surface area contributed by atoms with Crippen LogP contribution >= 0.6 is 0 Å². The number of hydrogen-bond acceptors (Lipinski definition) is 4. The topological polar surface area (TPSA) is 84.5 Å². The van der Waals surface area contributed by atoms with Gasteiger partial charge in [0.25, 0.3) is 5.91 Å². The molecule has 0 aliphatic rings. The predicted octanol–water partition coefficient (Wildman–Crippen LogP) is 2.66. The first kappa shape index (κ1) is 19.9. The van der Waals surface area contributed by atoms with Crippen molar-refractivity contribution in [3.05, 3.63) is 59.2 Å². The van der Waals surface area contributed by atoms with E-state index in [0.29, 0.717) is 5.75 Å². The fourth-order valence-electron chi connectivity index (χ4n) is 2.58. The Balaban J connectivity index is 2.30. The zero-order chi connectivity index (χ0) is 19.3. The number of ether oxygens (including phenoxy) is 1. The van der Waals surface area contributed by atoms with Crippen molar-refractivity contribution in [1.29, 1.82) is 0 Å². The van der Waals surface area contributed by atoms with Crippen molar-refractivity contribution in [3.63, 3.8) is 0 Å². The molecular formula is C19H24N2O4S. The zero-order valence-electron chi connectivity index (χ0n) is 15.4. The van der Waals surface area contributed by atoms with Gasteiger partial charge in [-0.15, -0.1) is 0 Å². The van der Waals surface area contributed by atoms with Crippen molar-refractivity contribution < 1.29 is 17.9 Å². The largest absolute Gasteiger partial charge is 0.496 e. The van der Waals surface area contributed by atoms with E-state index in [0.717, 1.165) is 12.0 Å². The second-order valence-electron chi connectivity index (χ2n) is 5.88. The standard InChI is InChI=1S/C19H24N2O4S/c1-5-14-6-8-15(9-7-14)13(2)21-26(23,24)16-10-11-18(25-4)17(12-16)19(22)20-3/h6-13,21H,5H2,1-4H3,(H,20,22)/t13-/m0/s1. The van der Waals surface area contributed by atoms with E-state index >= 15 is 0 Å². The molecule has 0 saturated carbocycles. The molecule has 0 aromatic heterocycles. The monoisotopic (exact) mass is 376 g/mol. The Morgan fingerprint density at radius 2 is 1.81 bits per heavy atom. The van der Waals surface area contributed by atoms with Gasteiger partial charge in [0.15, 0.2) is 0 Å². The minimum absolute atomic E-state index is 0.00827. The summed E-state index contributed by atoms with van der Waals surface area (Å²) in [4.78, 5) is 12.0. The third-order valence-electron chi connectivity index (χ3n) is 4.17. The minimum Gasteiger partial charge on any atom is -0.496 e. The molecule has 0 heterocycles. The Hall–Kier alpha value is -2.38. The molecule has 0 radical (unpaired) electrons. The summed E-state index contributed by atoms with van der Waals surface area (Å²) >= 11 is 0. The molecule has 140 valence electrons. The van der Waals surface area contributed by atoms with E-state index in [-0.39, 0.29) is 10.5 Å². The van der Waals surface area contributed by atoms with Gasteiger partial charge < -0.3 is 10.1 Å². The average molecular weight is 376 g/mol. The average Bonchev–Trinajstić information content (AvgIpc) is 2.66. The number of sulfonamides is 1. The van der Waals surface area contributed by atoms with Gasteiger partial charge in [-0.2, -0.15) is 0 Å². The number of benzene rings is 2. The Morgan fingerprint density at radius 1 is 1.15 bits per heavy atom. The number of carbonyl (C=O) groups excluding carboxylic acids is 1. The third-order valence-corrected chi connectivity index (χ3v) is 5.71. The molecule has 0 aliphatic heterocycles. The number of carbonyl (C=O) groups is 1. The van der Waals surface area contributed by atoms with Gasteiger partial charge in [-0.25, -0.2) is 13.1 Å². The van der Waals surface area contributed by atoms with Crippen LogP contribution in [0.15, 0.2) is 47.4 Å². The van der Waals surface area contributed by atoms with Gasteiger partial charge in [0.2, 0.25) is 10.0 Å². The molecule has 0 unspecified atom stereocenters. The molecule has 0 bridgehead atoms. The van der Waals surface area contributed by atoms with Crippen LogP contribution in [0.25, 0.3) is 0 Å². The molecule has 0 saturated heterocycles. The molecular weight excluding hydrogens is 352 g/mol. The number of amides is 1. The Bertz CT molecular complexity index is 877. The van der Waals surface area contributed by atoms with Crippen LogP contribution in [0.4, 0.5) is 0 Å². The molecule has 2 aromatic rings. The maximum absolute atomic E-state index is 12.7. The van der Waals surface area contributed by atoms with E-state index in [1.165, 1.54) is 37.9 Å². The smallest absolute Gasteiger partial charge is 0.254 e. The summed E-state index contributed by atoms with van der Waals surface area (Å²) in [6, 6.07) is 11.6. The molecule has 0 spiro atoms. The summed E-state index contributed by atoms with van der Waals surface area (Å²) in [6.07, 6.45) is 0.925. The van der Waals surface area contributed by atoms with E-state index in [4.69, 9.17) is 4.74 Å². The van der Waals surface area contributed by atoms with Gasteiger partial charge in [0.1, 0.15) is 5.75 Å². The van der Waals surface area contributed by atoms with Crippen LogP contribution in [-0.4, -0.2) is 28.5 Å². The molecule has 1 atom stereocenters. The van der Waals surface area contributed by atoms with Crippen LogP contribution in [0, 0.1) is 0 Å². The normalized spacial score (nSPS) is 12.5. The molecule has 26 heavy (non-hydrogen) atoms. The first-order chi connectivity index (χ1) is 12.3. The van der Waals surface area contributed by atoms with Gasteiger partial charge in [0, 0.05) is 13.1 Å². The van der Waals surface area contributed by atoms with Gasteiger partial charge in [-0.05, 0) is 42.7 Å². The van der Waals surface area contributed by atoms with E-state index in [2.05, 4.69) is 17.0 Å². The zero-order valence-corrected chi connectivity index (χ0v) is 16.2. The number of nitrogens with one attached hydrogen (secondary N) is 2. The summed E-state index contributed by atoms with van der Waals surface area (Å²) in [5, 5.41) is 2.48. The van der Waals surface area contributed by atoms with Crippen molar-refractivity contribution in [2.45, 2.75) is 31.2 Å². The number of aryl methyl sites for hydroxylation is 1. The molecule has 6 nitrogen and oxygen atoms in total. The molecule has 1 amide bonds. The fourth-order valence-corrected chi connectivity index (χ4v) is 3.83. The Morgan fingerprint density at radius 3 is 2.35 bits per heavy atom. The van der Waals surface area contributed by atoms with Crippen LogP contribution < -0.4 is 14.8 Å². The van der Waals surface area contributed by atoms with Crippen LogP contribution in [0.2, 0.25) is 0 Å². The summed E-state index contributed by atoms with van der Waals surface area (Å²) in [6.45, 7) is 3.84. The molecule has 2 aromatic carbocycles. The van der Waals surface area contributed by atoms with Crippen molar-refractivity contribution in [1.82, 2.24) is 10.0 Å². The lowest BCUT2D eigenvalue weighted by molar-refractivity contribution is 0.0960. The fraction of sp³-hybridized carbons (Fsp3) is 0.316. The molecule has 0 aliphatic carbocycles.